The molecule has 0 N–H and O–H groups in total. The highest BCUT2D eigenvalue weighted by atomic mass is 32.1. The van der Waals surface area contributed by atoms with Crippen molar-refractivity contribution in [2.45, 2.75) is 0 Å². The summed E-state index contributed by atoms with van der Waals surface area (Å²) < 4.78 is 9.06. The summed E-state index contributed by atoms with van der Waals surface area (Å²) in [5, 5.41) is 7.24. The van der Waals surface area contributed by atoms with Crippen LogP contribution in [0.3, 0.4) is 0 Å². The van der Waals surface area contributed by atoms with E-state index in [-0.39, 0.29) is 0 Å². The molecule has 0 aliphatic heterocycles. The molecule has 0 radical (unpaired) electrons. The Labute approximate surface area is 287 Å². The Hall–Kier alpha value is -6.16. The Kier molecular flexibility index (Phi) is 6.39. The quantitative estimate of drug-likeness (QED) is 0.186. The molecule has 8 aromatic carbocycles. The number of thiophene rings is 1. The summed E-state index contributed by atoms with van der Waals surface area (Å²) >= 11 is 1.86. The van der Waals surface area contributed by atoms with Crippen LogP contribution in [0.25, 0.3) is 75.1 Å². The Morgan fingerprint density at radius 2 is 1.00 bits per heavy atom. The Balaban J connectivity index is 1.30. The number of rotatable bonds is 5. The van der Waals surface area contributed by atoms with Gasteiger partial charge in [-0.15, -0.1) is 11.3 Å². The molecule has 10 rings (SSSR count). The molecule has 230 valence electrons. The highest BCUT2D eigenvalue weighted by Gasteiger charge is 2.25. The van der Waals surface area contributed by atoms with Gasteiger partial charge in [-0.1, -0.05) is 127 Å². The number of nitrogens with zero attached hydrogens (tertiary/aromatic N) is 1. The topological polar surface area (TPSA) is 16.4 Å². The molecule has 0 saturated carbocycles. The van der Waals surface area contributed by atoms with Crippen molar-refractivity contribution >= 4 is 81.3 Å². The van der Waals surface area contributed by atoms with Crippen molar-refractivity contribution < 1.29 is 4.42 Å². The number of hydrogen-bond donors (Lipinski definition) is 0. The van der Waals surface area contributed by atoms with Gasteiger partial charge < -0.3 is 9.32 Å². The van der Waals surface area contributed by atoms with E-state index >= 15 is 0 Å². The highest BCUT2D eigenvalue weighted by molar-refractivity contribution is 7.25. The van der Waals surface area contributed by atoms with E-state index in [0.717, 1.165) is 44.6 Å². The van der Waals surface area contributed by atoms with Crippen LogP contribution in [0.2, 0.25) is 0 Å². The Bertz CT molecular complexity index is 2860. The zero-order chi connectivity index (χ0) is 32.3. The zero-order valence-corrected chi connectivity index (χ0v) is 27.3. The lowest BCUT2D eigenvalue weighted by atomic mass is 9.95. The zero-order valence-electron chi connectivity index (χ0n) is 26.5. The molecule has 10 aromatic rings. The van der Waals surface area contributed by atoms with Crippen LogP contribution in [0.1, 0.15) is 0 Å². The Morgan fingerprint density at radius 1 is 0.388 bits per heavy atom. The molecule has 0 atom stereocenters. The van der Waals surface area contributed by atoms with Crippen LogP contribution >= 0.6 is 11.3 Å². The van der Waals surface area contributed by atoms with E-state index < -0.39 is 0 Å². The fourth-order valence-corrected chi connectivity index (χ4v) is 8.63. The summed E-state index contributed by atoms with van der Waals surface area (Å²) in [7, 11) is 0. The van der Waals surface area contributed by atoms with Gasteiger partial charge in [-0.2, -0.15) is 0 Å². The maximum atomic E-state index is 6.46. The number of para-hydroxylation sites is 3. The minimum atomic E-state index is 0.871. The monoisotopic (exact) mass is 643 g/mol. The molecule has 49 heavy (non-hydrogen) atoms. The summed E-state index contributed by atoms with van der Waals surface area (Å²) in [6.45, 7) is 0. The first kappa shape index (κ1) is 27.9. The summed E-state index contributed by atoms with van der Waals surface area (Å²) in [5.74, 6) is 0. The van der Waals surface area contributed by atoms with Crippen molar-refractivity contribution in [2.24, 2.45) is 0 Å². The lowest BCUT2D eigenvalue weighted by Crippen LogP contribution is -2.13. The molecule has 0 saturated heterocycles. The van der Waals surface area contributed by atoms with Crippen molar-refractivity contribution in [1.29, 1.82) is 0 Å². The highest BCUT2D eigenvalue weighted by Crippen LogP contribution is 2.50. The number of hydrogen-bond acceptors (Lipinski definition) is 3. The lowest BCUT2D eigenvalue weighted by molar-refractivity contribution is 0.669. The van der Waals surface area contributed by atoms with E-state index in [4.69, 9.17) is 4.42 Å². The number of furan rings is 1. The van der Waals surface area contributed by atoms with Crippen LogP contribution in [0, 0.1) is 0 Å². The second-order valence-corrected chi connectivity index (χ2v) is 13.5. The third-order valence-electron chi connectivity index (χ3n) is 9.66. The van der Waals surface area contributed by atoms with E-state index in [1.165, 1.54) is 47.6 Å². The van der Waals surface area contributed by atoms with Gasteiger partial charge in [-0.3, -0.25) is 0 Å². The molecule has 2 heterocycles. The van der Waals surface area contributed by atoms with Crippen LogP contribution in [0.5, 0.6) is 0 Å². The molecule has 0 aliphatic carbocycles. The van der Waals surface area contributed by atoms with Crippen LogP contribution in [-0.4, -0.2) is 0 Å². The molecular formula is C46H29NOS. The van der Waals surface area contributed by atoms with Crippen molar-refractivity contribution in [1.82, 2.24) is 0 Å². The first-order valence-corrected chi connectivity index (χ1v) is 17.4. The van der Waals surface area contributed by atoms with E-state index in [1.807, 2.05) is 17.4 Å². The van der Waals surface area contributed by atoms with Crippen molar-refractivity contribution in [3.8, 4) is 22.3 Å². The largest absolute Gasteiger partial charge is 0.456 e. The first-order chi connectivity index (χ1) is 24.3. The van der Waals surface area contributed by atoms with E-state index in [0.29, 0.717) is 0 Å². The molecule has 0 amide bonds. The minimum absolute atomic E-state index is 0.871. The molecule has 2 nitrogen and oxygen atoms in total. The van der Waals surface area contributed by atoms with Gasteiger partial charge in [0.25, 0.3) is 0 Å². The third kappa shape index (κ3) is 4.47. The Morgan fingerprint density at radius 3 is 1.90 bits per heavy atom. The second-order valence-electron chi connectivity index (χ2n) is 12.5. The maximum Gasteiger partial charge on any atom is 0.137 e. The maximum absolute atomic E-state index is 6.46. The van der Waals surface area contributed by atoms with Crippen molar-refractivity contribution in [3.05, 3.63) is 176 Å². The molecule has 0 spiro atoms. The van der Waals surface area contributed by atoms with E-state index in [9.17, 15) is 0 Å². The van der Waals surface area contributed by atoms with Gasteiger partial charge in [0.2, 0.25) is 0 Å². The summed E-state index contributed by atoms with van der Waals surface area (Å²) in [6.07, 6.45) is 0. The van der Waals surface area contributed by atoms with E-state index in [1.54, 1.807) is 0 Å². The summed E-state index contributed by atoms with van der Waals surface area (Å²) in [6, 6.07) is 63.3. The van der Waals surface area contributed by atoms with Gasteiger partial charge in [0.1, 0.15) is 11.2 Å². The van der Waals surface area contributed by atoms with Crippen LogP contribution in [0.15, 0.2) is 180 Å². The molecular weight excluding hydrogens is 615 g/mol. The third-order valence-corrected chi connectivity index (χ3v) is 10.8. The van der Waals surface area contributed by atoms with Gasteiger partial charge >= 0.3 is 0 Å². The van der Waals surface area contributed by atoms with Gasteiger partial charge in [0.15, 0.2) is 0 Å². The SMILES string of the molecule is c1ccc(N(c2ccccc2-c2cccc3sc4ccccc4c23)c2cccc3oc4ccccc4c23)c(-c2ccc3ccccc3c2)c1. The van der Waals surface area contributed by atoms with Crippen molar-refractivity contribution in [3.63, 3.8) is 0 Å². The smallest absolute Gasteiger partial charge is 0.137 e. The lowest BCUT2D eigenvalue weighted by Gasteiger charge is -2.30. The van der Waals surface area contributed by atoms with Crippen LogP contribution < -0.4 is 4.90 Å². The number of fused-ring (bicyclic) bond motifs is 7. The standard InChI is InChI=1S/C46H29NOS/c1-2-14-31-29-32(28-27-30(31)13-1)33-15-3-7-20-38(33)47(40-22-12-24-42-46(40)36-17-5-9-23-41(36)48-42)39-21-8-4-16-34(39)35-19-11-26-44-45(35)37-18-6-10-25-43(37)49-44/h1-29H. The minimum Gasteiger partial charge on any atom is -0.456 e. The predicted molar refractivity (Wildman–Crippen MR) is 210 cm³/mol. The number of anilines is 3. The fourth-order valence-electron chi connectivity index (χ4n) is 7.50. The average Bonchev–Trinajstić information content (AvgIpc) is 3.74. The van der Waals surface area contributed by atoms with Gasteiger partial charge in [-0.25, -0.2) is 0 Å². The fraction of sp³-hybridized carbons (Fsp3) is 0. The molecule has 3 heteroatoms. The molecule has 0 aliphatic rings. The summed E-state index contributed by atoms with van der Waals surface area (Å²) in [4.78, 5) is 2.46. The molecule has 0 bridgehead atoms. The normalized spacial score (nSPS) is 11.7. The van der Waals surface area contributed by atoms with E-state index in [2.05, 4.69) is 175 Å². The average molecular weight is 644 g/mol. The van der Waals surface area contributed by atoms with Crippen molar-refractivity contribution in [2.75, 3.05) is 4.90 Å². The van der Waals surface area contributed by atoms with Gasteiger partial charge in [-0.05, 0) is 70.4 Å². The number of benzene rings is 8. The van der Waals surface area contributed by atoms with Crippen LogP contribution in [0.4, 0.5) is 17.1 Å². The summed E-state index contributed by atoms with van der Waals surface area (Å²) in [5.41, 5.74) is 9.77. The molecule has 0 unspecified atom stereocenters. The van der Waals surface area contributed by atoms with Crippen LogP contribution in [-0.2, 0) is 0 Å². The molecule has 2 aromatic heterocycles. The predicted octanol–water partition coefficient (Wildman–Crippen LogP) is 13.9. The van der Waals surface area contributed by atoms with Gasteiger partial charge in [0, 0.05) is 36.7 Å². The first-order valence-electron chi connectivity index (χ1n) is 16.6. The van der Waals surface area contributed by atoms with Gasteiger partial charge in [0.05, 0.1) is 22.4 Å². The molecule has 0 fully saturated rings. The second kappa shape index (κ2) is 11.2.